The number of nitrogens with two attached hydrogens (primary N) is 2. The Balaban J connectivity index is 0.000000823. The third kappa shape index (κ3) is 11.2. The zero-order chi connectivity index (χ0) is 19.2. The van der Waals surface area contributed by atoms with Crippen LogP contribution in [-0.4, -0.2) is 24.5 Å². The first-order valence-corrected chi connectivity index (χ1v) is 10.0. The van der Waals surface area contributed by atoms with Crippen molar-refractivity contribution in [3.8, 4) is 0 Å². The summed E-state index contributed by atoms with van der Waals surface area (Å²) in [6.07, 6.45) is 8.80. The molecular formula is C20H40N2O3. The van der Waals surface area contributed by atoms with E-state index in [1.165, 1.54) is 19.3 Å². The molecule has 3 atom stereocenters. The first-order valence-electron chi connectivity index (χ1n) is 10.0. The van der Waals surface area contributed by atoms with Crippen molar-refractivity contribution in [1.29, 1.82) is 0 Å². The maximum Gasteiger partial charge on any atom is 0.306 e. The SMILES string of the molecule is CCCC(CN)CC(=O)O[C@@H]1CCCCC1C(C)C.CCCC(N)=O. The molecule has 25 heavy (non-hydrogen) atoms. The van der Waals surface area contributed by atoms with Crippen LogP contribution in [0.4, 0.5) is 0 Å². The van der Waals surface area contributed by atoms with Gasteiger partial charge in [0, 0.05) is 12.8 Å². The summed E-state index contributed by atoms with van der Waals surface area (Å²) in [7, 11) is 0. The average Bonchev–Trinajstić information content (AvgIpc) is 2.55. The summed E-state index contributed by atoms with van der Waals surface area (Å²) in [6.45, 7) is 9.10. The normalized spacial score (nSPS) is 21.2. The lowest BCUT2D eigenvalue weighted by molar-refractivity contribution is -0.156. The molecule has 0 heterocycles. The molecule has 148 valence electrons. The van der Waals surface area contributed by atoms with E-state index in [0.29, 0.717) is 37.1 Å². The lowest BCUT2D eigenvalue weighted by atomic mass is 9.79. The van der Waals surface area contributed by atoms with Gasteiger partial charge in [-0.05, 0) is 56.4 Å². The second kappa shape index (κ2) is 14.1. The summed E-state index contributed by atoms with van der Waals surface area (Å²) < 4.78 is 5.75. The molecule has 0 bridgehead atoms. The first-order chi connectivity index (χ1) is 11.8. The molecule has 5 nitrogen and oxygen atoms in total. The number of ether oxygens (including phenoxy) is 1. The molecule has 1 saturated carbocycles. The molecule has 1 fully saturated rings. The van der Waals surface area contributed by atoms with Gasteiger partial charge in [0.2, 0.25) is 5.91 Å². The Labute approximate surface area is 154 Å². The van der Waals surface area contributed by atoms with Crippen molar-refractivity contribution in [2.75, 3.05) is 6.54 Å². The summed E-state index contributed by atoms with van der Waals surface area (Å²) in [5.74, 6) is 1.18. The molecule has 1 aliphatic carbocycles. The Morgan fingerprint density at radius 3 is 2.20 bits per heavy atom. The van der Waals surface area contributed by atoms with E-state index in [2.05, 4.69) is 20.8 Å². The molecule has 0 aliphatic heterocycles. The zero-order valence-electron chi connectivity index (χ0n) is 16.8. The van der Waals surface area contributed by atoms with Gasteiger partial charge in [0.05, 0.1) is 0 Å². The monoisotopic (exact) mass is 356 g/mol. The molecular weight excluding hydrogens is 316 g/mol. The van der Waals surface area contributed by atoms with Gasteiger partial charge in [-0.15, -0.1) is 0 Å². The summed E-state index contributed by atoms with van der Waals surface area (Å²) in [4.78, 5) is 21.9. The second-order valence-corrected chi connectivity index (χ2v) is 7.53. The Morgan fingerprint density at radius 2 is 1.76 bits per heavy atom. The molecule has 5 heteroatoms. The van der Waals surface area contributed by atoms with Crippen LogP contribution in [0, 0.1) is 17.8 Å². The largest absolute Gasteiger partial charge is 0.462 e. The number of carbonyl (C=O) groups excluding carboxylic acids is 2. The van der Waals surface area contributed by atoms with Crippen LogP contribution in [0.5, 0.6) is 0 Å². The van der Waals surface area contributed by atoms with Gasteiger partial charge in [0.15, 0.2) is 0 Å². The van der Waals surface area contributed by atoms with Crippen LogP contribution in [0.3, 0.4) is 0 Å². The highest BCUT2D eigenvalue weighted by Gasteiger charge is 2.30. The van der Waals surface area contributed by atoms with E-state index in [1.54, 1.807) is 0 Å². The van der Waals surface area contributed by atoms with Gasteiger partial charge in [-0.2, -0.15) is 0 Å². The fraction of sp³-hybridized carbons (Fsp3) is 0.900. The Morgan fingerprint density at radius 1 is 1.12 bits per heavy atom. The molecule has 0 spiro atoms. The highest BCUT2D eigenvalue weighted by molar-refractivity contribution is 5.73. The lowest BCUT2D eigenvalue weighted by Crippen LogP contribution is -2.34. The van der Waals surface area contributed by atoms with Crippen LogP contribution in [-0.2, 0) is 14.3 Å². The fourth-order valence-corrected chi connectivity index (χ4v) is 3.45. The number of rotatable bonds is 9. The number of hydrogen-bond donors (Lipinski definition) is 2. The van der Waals surface area contributed by atoms with E-state index in [1.807, 2.05) is 6.92 Å². The van der Waals surface area contributed by atoms with Crippen LogP contribution < -0.4 is 11.5 Å². The summed E-state index contributed by atoms with van der Waals surface area (Å²) >= 11 is 0. The number of hydrogen-bond acceptors (Lipinski definition) is 4. The quantitative estimate of drug-likeness (QED) is 0.614. The maximum atomic E-state index is 12.0. The molecule has 1 aliphatic rings. The Kier molecular flexibility index (Phi) is 13.5. The third-order valence-corrected chi connectivity index (χ3v) is 4.87. The van der Waals surface area contributed by atoms with Crippen molar-refractivity contribution in [2.45, 2.75) is 91.6 Å². The second-order valence-electron chi connectivity index (χ2n) is 7.53. The van der Waals surface area contributed by atoms with Crippen molar-refractivity contribution in [2.24, 2.45) is 29.2 Å². The number of primary amides is 1. The number of carbonyl (C=O) groups is 2. The van der Waals surface area contributed by atoms with E-state index in [9.17, 15) is 9.59 Å². The van der Waals surface area contributed by atoms with Crippen molar-refractivity contribution < 1.29 is 14.3 Å². The highest BCUT2D eigenvalue weighted by atomic mass is 16.5. The fourth-order valence-electron chi connectivity index (χ4n) is 3.45. The van der Waals surface area contributed by atoms with Gasteiger partial charge in [-0.1, -0.05) is 40.5 Å². The van der Waals surface area contributed by atoms with Gasteiger partial charge in [-0.3, -0.25) is 9.59 Å². The smallest absolute Gasteiger partial charge is 0.306 e. The van der Waals surface area contributed by atoms with Crippen molar-refractivity contribution in [1.82, 2.24) is 0 Å². The van der Waals surface area contributed by atoms with Crippen molar-refractivity contribution >= 4 is 11.9 Å². The van der Waals surface area contributed by atoms with Gasteiger partial charge < -0.3 is 16.2 Å². The van der Waals surface area contributed by atoms with Crippen LogP contribution in [0.1, 0.15) is 85.5 Å². The van der Waals surface area contributed by atoms with Gasteiger partial charge in [-0.25, -0.2) is 0 Å². The Hall–Kier alpha value is -1.10. The Bertz CT molecular complexity index is 372. The van der Waals surface area contributed by atoms with Gasteiger partial charge in [0.1, 0.15) is 6.10 Å². The van der Waals surface area contributed by atoms with E-state index < -0.39 is 0 Å². The van der Waals surface area contributed by atoms with Crippen LogP contribution in [0.2, 0.25) is 0 Å². The predicted octanol–water partition coefficient (Wildman–Crippen LogP) is 3.78. The molecule has 4 N–H and O–H groups in total. The van der Waals surface area contributed by atoms with Crippen molar-refractivity contribution in [3.63, 3.8) is 0 Å². The van der Waals surface area contributed by atoms with Crippen LogP contribution >= 0.6 is 0 Å². The van der Waals surface area contributed by atoms with Crippen molar-refractivity contribution in [3.05, 3.63) is 0 Å². The number of esters is 1. The molecule has 0 aromatic carbocycles. The first kappa shape index (κ1) is 23.9. The van der Waals surface area contributed by atoms with Gasteiger partial charge >= 0.3 is 5.97 Å². The summed E-state index contributed by atoms with van der Waals surface area (Å²) in [5.41, 5.74) is 10.5. The molecule has 1 amide bonds. The van der Waals surface area contributed by atoms with E-state index >= 15 is 0 Å². The molecule has 0 radical (unpaired) electrons. The van der Waals surface area contributed by atoms with Crippen LogP contribution in [0.25, 0.3) is 0 Å². The third-order valence-electron chi connectivity index (χ3n) is 4.87. The molecule has 0 aromatic heterocycles. The lowest BCUT2D eigenvalue weighted by Gasteiger charge is -2.34. The standard InChI is InChI=1S/C16H31NO2.C4H9NO/c1-4-7-13(11-17)10-16(18)19-15-9-6-5-8-14(15)12(2)3;1-2-3-4(5)6/h12-15H,4-11,17H2,1-3H3;2-3H2,1H3,(H2,5,6)/t13?,14?,15-;/m1./s1. The average molecular weight is 357 g/mol. The van der Waals surface area contributed by atoms with E-state index in [0.717, 1.165) is 25.7 Å². The molecule has 1 rings (SSSR count). The van der Waals surface area contributed by atoms with Crippen LogP contribution in [0.15, 0.2) is 0 Å². The molecule has 0 saturated heterocycles. The molecule has 2 unspecified atom stereocenters. The summed E-state index contributed by atoms with van der Waals surface area (Å²) in [5, 5.41) is 0. The minimum Gasteiger partial charge on any atom is -0.462 e. The van der Waals surface area contributed by atoms with E-state index in [4.69, 9.17) is 16.2 Å². The topological polar surface area (TPSA) is 95.4 Å². The minimum atomic E-state index is -0.211. The summed E-state index contributed by atoms with van der Waals surface area (Å²) in [6, 6.07) is 0. The zero-order valence-corrected chi connectivity index (χ0v) is 16.8. The highest BCUT2D eigenvalue weighted by Crippen LogP contribution is 2.32. The minimum absolute atomic E-state index is 0.0403. The maximum absolute atomic E-state index is 12.0. The predicted molar refractivity (Wildman–Crippen MR) is 103 cm³/mol. The van der Waals surface area contributed by atoms with Gasteiger partial charge in [0.25, 0.3) is 0 Å². The molecule has 0 aromatic rings. The number of amides is 1. The van der Waals surface area contributed by atoms with E-state index in [-0.39, 0.29) is 18.0 Å².